The maximum atomic E-state index is 12.5. The van der Waals surface area contributed by atoms with Crippen LogP contribution in [0.2, 0.25) is 0 Å². The van der Waals surface area contributed by atoms with Crippen molar-refractivity contribution >= 4 is 17.7 Å². The molecule has 0 radical (unpaired) electrons. The third kappa shape index (κ3) is 3.49. The van der Waals surface area contributed by atoms with Gasteiger partial charge in [-0.2, -0.15) is 0 Å². The third-order valence-corrected chi connectivity index (χ3v) is 5.46. The number of hydrogen-bond acceptors (Lipinski definition) is 7. The van der Waals surface area contributed by atoms with Crippen molar-refractivity contribution in [1.29, 1.82) is 0 Å². The number of aliphatic hydroxyl groups is 1. The predicted octanol–water partition coefficient (Wildman–Crippen LogP) is 1.40. The van der Waals surface area contributed by atoms with Gasteiger partial charge in [0.2, 0.25) is 0 Å². The molecule has 0 unspecified atom stereocenters. The molecule has 3 aliphatic rings. The SMILES string of the molecule is C=C1C(=O)O[C@H]2/C=C(/C)C(=O)[C@@H]3O[C@H]3[C@](C)(O)C[C@@H](OC(=O)/C(C)=C/C)[C@@H]12. The molecule has 2 saturated heterocycles. The minimum Gasteiger partial charge on any atom is -0.458 e. The van der Waals surface area contributed by atoms with Crippen LogP contribution in [0.1, 0.15) is 34.1 Å². The molecule has 27 heavy (non-hydrogen) atoms. The van der Waals surface area contributed by atoms with Crippen molar-refractivity contribution < 1.29 is 33.7 Å². The van der Waals surface area contributed by atoms with Gasteiger partial charge in [0, 0.05) is 17.6 Å². The fourth-order valence-corrected chi connectivity index (χ4v) is 3.63. The predicted molar refractivity (Wildman–Crippen MR) is 94.5 cm³/mol. The Morgan fingerprint density at radius 1 is 1.44 bits per heavy atom. The van der Waals surface area contributed by atoms with E-state index in [9.17, 15) is 19.5 Å². The highest BCUT2D eigenvalue weighted by atomic mass is 16.6. The molecule has 2 fully saturated rings. The Morgan fingerprint density at radius 2 is 2.11 bits per heavy atom. The molecule has 0 amide bonds. The highest BCUT2D eigenvalue weighted by Gasteiger charge is 2.58. The van der Waals surface area contributed by atoms with Crippen LogP contribution in [0.25, 0.3) is 0 Å². The molecule has 1 aliphatic carbocycles. The van der Waals surface area contributed by atoms with Gasteiger partial charge in [-0.15, -0.1) is 0 Å². The number of allylic oxidation sites excluding steroid dienone is 1. The van der Waals surface area contributed by atoms with Gasteiger partial charge in [-0.3, -0.25) is 4.79 Å². The number of ether oxygens (including phenoxy) is 3. The van der Waals surface area contributed by atoms with Crippen molar-refractivity contribution in [2.75, 3.05) is 0 Å². The number of rotatable bonds is 2. The van der Waals surface area contributed by atoms with E-state index in [0.29, 0.717) is 11.1 Å². The number of Topliss-reactive ketones (excluding diaryl/α,β-unsaturated/α-hetero) is 1. The number of epoxide rings is 1. The Hall–Kier alpha value is -2.25. The molecule has 2 aliphatic heterocycles. The zero-order chi connectivity index (χ0) is 20.1. The van der Waals surface area contributed by atoms with Crippen LogP contribution in [0, 0.1) is 5.92 Å². The summed E-state index contributed by atoms with van der Waals surface area (Å²) in [6, 6.07) is 0. The quantitative estimate of drug-likeness (QED) is 0.441. The minimum absolute atomic E-state index is 0.0199. The van der Waals surface area contributed by atoms with Gasteiger partial charge < -0.3 is 19.3 Å². The minimum atomic E-state index is -1.43. The van der Waals surface area contributed by atoms with Crippen LogP contribution in [0.5, 0.6) is 0 Å². The highest BCUT2D eigenvalue weighted by Crippen LogP contribution is 2.43. The molecule has 0 spiro atoms. The first-order valence-electron chi connectivity index (χ1n) is 8.91. The molecule has 7 heteroatoms. The Bertz CT molecular complexity index is 773. The van der Waals surface area contributed by atoms with Crippen LogP contribution >= 0.6 is 0 Å². The zero-order valence-electron chi connectivity index (χ0n) is 15.9. The molecule has 146 valence electrons. The van der Waals surface area contributed by atoms with E-state index in [1.807, 2.05) is 0 Å². The summed E-state index contributed by atoms with van der Waals surface area (Å²) in [4.78, 5) is 36.9. The fourth-order valence-electron chi connectivity index (χ4n) is 3.63. The van der Waals surface area contributed by atoms with Crippen LogP contribution < -0.4 is 0 Å². The van der Waals surface area contributed by atoms with Crippen molar-refractivity contribution in [2.45, 2.75) is 64.1 Å². The van der Waals surface area contributed by atoms with Crippen LogP contribution in [0.3, 0.4) is 0 Å². The number of esters is 2. The van der Waals surface area contributed by atoms with E-state index >= 15 is 0 Å². The Labute approximate surface area is 157 Å². The molecule has 0 aromatic heterocycles. The Kier molecular flexibility index (Phi) is 4.86. The lowest BCUT2D eigenvalue weighted by molar-refractivity contribution is -0.151. The summed E-state index contributed by atoms with van der Waals surface area (Å²) in [5.74, 6) is -2.11. The molecular formula is C20H24O7. The third-order valence-electron chi connectivity index (χ3n) is 5.46. The van der Waals surface area contributed by atoms with Crippen LogP contribution in [0.4, 0.5) is 0 Å². The first-order valence-corrected chi connectivity index (χ1v) is 8.91. The van der Waals surface area contributed by atoms with E-state index in [-0.39, 0.29) is 17.8 Å². The smallest absolute Gasteiger partial charge is 0.334 e. The van der Waals surface area contributed by atoms with Gasteiger partial charge in [-0.25, -0.2) is 9.59 Å². The zero-order valence-corrected chi connectivity index (χ0v) is 15.9. The fraction of sp³-hybridized carbons (Fsp3) is 0.550. The van der Waals surface area contributed by atoms with Crippen molar-refractivity contribution in [1.82, 2.24) is 0 Å². The largest absolute Gasteiger partial charge is 0.458 e. The van der Waals surface area contributed by atoms with Crippen LogP contribution in [-0.2, 0) is 28.6 Å². The topological polar surface area (TPSA) is 102 Å². The second kappa shape index (κ2) is 6.73. The van der Waals surface area contributed by atoms with Crippen molar-refractivity contribution in [3.8, 4) is 0 Å². The van der Waals surface area contributed by atoms with E-state index in [2.05, 4.69) is 6.58 Å². The Balaban J connectivity index is 2.03. The molecule has 3 rings (SSSR count). The number of carbonyl (C=O) groups excluding carboxylic acids is 3. The van der Waals surface area contributed by atoms with Gasteiger partial charge in [0.1, 0.15) is 24.4 Å². The standard InChI is InChI=1S/C20H24O7/c1-6-9(2)18(22)26-13-8-20(5,24)17-16(27-17)15(21)10(3)7-12-14(13)11(4)19(23)25-12/h6-7,12-14,16-17,24H,4,8H2,1-3,5H3/b9-6+,10-7-/t12-,13+,14-,16-,17+,20+/m0/s1. The summed E-state index contributed by atoms with van der Waals surface area (Å²) >= 11 is 0. The number of hydrogen-bond donors (Lipinski definition) is 1. The molecule has 7 nitrogen and oxygen atoms in total. The molecule has 0 aromatic rings. The summed E-state index contributed by atoms with van der Waals surface area (Å²) < 4.78 is 16.4. The van der Waals surface area contributed by atoms with Crippen LogP contribution in [-0.4, -0.2) is 52.8 Å². The summed E-state index contributed by atoms with van der Waals surface area (Å²) in [6.45, 7) is 10.2. The molecule has 0 bridgehead atoms. The van der Waals surface area contributed by atoms with Gasteiger partial charge in [-0.05, 0) is 39.3 Å². The molecule has 1 N–H and O–H groups in total. The molecule has 2 heterocycles. The van der Waals surface area contributed by atoms with E-state index in [4.69, 9.17) is 14.2 Å². The lowest BCUT2D eigenvalue weighted by Gasteiger charge is -2.32. The summed E-state index contributed by atoms with van der Waals surface area (Å²) in [5, 5.41) is 10.9. The second-order valence-corrected chi connectivity index (χ2v) is 7.59. The van der Waals surface area contributed by atoms with Crippen LogP contribution in [0.15, 0.2) is 35.5 Å². The molecule has 0 saturated carbocycles. The monoisotopic (exact) mass is 376 g/mol. The van der Waals surface area contributed by atoms with E-state index in [0.717, 1.165) is 0 Å². The molecule has 6 atom stereocenters. The van der Waals surface area contributed by atoms with Crippen molar-refractivity contribution in [3.63, 3.8) is 0 Å². The lowest BCUT2D eigenvalue weighted by atomic mass is 9.80. The number of fused-ring (bicyclic) bond motifs is 2. The normalized spacial score (nSPS) is 41.1. The van der Waals surface area contributed by atoms with E-state index < -0.39 is 47.9 Å². The second-order valence-electron chi connectivity index (χ2n) is 7.59. The molecular weight excluding hydrogens is 352 g/mol. The summed E-state index contributed by atoms with van der Waals surface area (Å²) in [5.41, 5.74) is -0.505. The van der Waals surface area contributed by atoms with Gasteiger partial charge in [-0.1, -0.05) is 12.7 Å². The van der Waals surface area contributed by atoms with Gasteiger partial charge >= 0.3 is 11.9 Å². The Morgan fingerprint density at radius 3 is 2.74 bits per heavy atom. The molecule has 0 aromatic carbocycles. The van der Waals surface area contributed by atoms with Gasteiger partial charge in [0.25, 0.3) is 0 Å². The number of carbonyl (C=O) groups is 3. The highest BCUT2D eigenvalue weighted by molar-refractivity contribution is 6.01. The van der Waals surface area contributed by atoms with Crippen molar-refractivity contribution in [3.05, 3.63) is 35.5 Å². The van der Waals surface area contributed by atoms with Gasteiger partial charge in [0.15, 0.2) is 5.78 Å². The summed E-state index contributed by atoms with van der Waals surface area (Å²) in [7, 11) is 0. The lowest BCUT2D eigenvalue weighted by Crippen LogP contribution is -2.44. The maximum absolute atomic E-state index is 12.5. The van der Waals surface area contributed by atoms with Gasteiger partial charge in [0.05, 0.1) is 11.5 Å². The van der Waals surface area contributed by atoms with E-state index in [1.54, 1.807) is 32.9 Å². The average molecular weight is 376 g/mol. The first kappa shape index (κ1) is 19.5. The van der Waals surface area contributed by atoms with Crippen molar-refractivity contribution in [2.24, 2.45) is 5.92 Å². The number of ketones is 1. The first-order chi connectivity index (χ1) is 12.6. The average Bonchev–Trinajstić information content (AvgIpc) is 3.35. The maximum Gasteiger partial charge on any atom is 0.334 e. The van der Waals surface area contributed by atoms with E-state index in [1.165, 1.54) is 6.92 Å². The summed E-state index contributed by atoms with van der Waals surface area (Å²) in [6.07, 6.45) is 0.0321.